The summed E-state index contributed by atoms with van der Waals surface area (Å²) in [6, 6.07) is 3.60. The summed E-state index contributed by atoms with van der Waals surface area (Å²) in [5, 5.41) is 6.02. The Labute approximate surface area is 134 Å². The molecule has 2 aliphatic rings. The molecule has 2 saturated heterocycles. The van der Waals surface area contributed by atoms with Crippen LogP contribution < -0.4 is 10.6 Å². The van der Waals surface area contributed by atoms with Crippen LogP contribution in [0.1, 0.15) is 12.0 Å². The van der Waals surface area contributed by atoms with Crippen molar-refractivity contribution in [3.63, 3.8) is 0 Å². The van der Waals surface area contributed by atoms with E-state index in [9.17, 15) is 13.6 Å². The number of carbonyl (C=O) groups excluding carboxylic acids is 1. The third-order valence-corrected chi connectivity index (χ3v) is 4.59. The third kappa shape index (κ3) is 3.97. The summed E-state index contributed by atoms with van der Waals surface area (Å²) in [6.45, 7) is 5.11. The molecule has 126 valence electrons. The number of piperazine rings is 1. The topological polar surface area (TPSA) is 47.6 Å². The summed E-state index contributed by atoms with van der Waals surface area (Å²) in [7, 11) is 0. The molecular formula is C16H22F2N4O. The van der Waals surface area contributed by atoms with Gasteiger partial charge in [-0.3, -0.25) is 4.90 Å². The Morgan fingerprint density at radius 3 is 2.74 bits per heavy atom. The molecule has 2 amide bonds. The van der Waals surface area contributed by atoms with Crippen LogP contribution in [0, 0.1) is 11.6 Å². The molecule has 0 unspecified atom stereocenters. The molecule has 0 spiro atoms. The van der Waals surface area contributed by atoms with Crippen LogP contribution in [0.4, 0.5) is 13.6 Å². The molecule has 0 aliphatic carbocycles. The monoisotopic (exact) mass is 324 g/mol. The predicted octanol–water partition coefficient (Wildman–Crippen LogP) is 1.15. The number of nitrogens with one attached hydrogen (secondary N) is 2. The van der Waals surface area contributed by atoms with E-state index in [0.717, 1.165) is 50.8 Å². The highest BCUT2D eigenvalue weighted by molar-refractivity contribution is 5.74. The molecule has 0 bridgehead atoms. The van der Waals surface area contributed by atoms with Gasteiger partial charge in [0.1, 0.15) is 11.6 Å². The molecule has 0 saturated carbocycles. The highest BCUT2D eigenvalue weighted by Crippen LogP contribution is 2.13. The van der Waals surface area contributed by atoms with Crippen molar-refractivity contribution in [1.82, 2.24) is 20.4 Å². The van der Waals surface area contributed by atoms with Crippen molar-refractivity contribution in [1.29, 1.82) is 0 Å². The number of hydrogen-bond donors (Lipinski definition) is 2. The van der Waals surface area contributed by atoms with Crippen LogP contribution in [0.5, 0.6) is 0 Å². The van der Waals surface area contributed by atoms with Gasteiger partial charge < -0.3 is 15.5 Å². The lowest BCUT2D eigenvalue weighted by Crippen LogP contribution is -2.54. The van der Waals surface area contributed by atoms with Crippen molar-refractivity contribution in [2.45, 2.75) is 19.0 Å². The summed E-state index contributed by atoms with van der Waals surface area (Å²) in [5.74, 6) is -1.01. The van der Waals surface area contributed by atoms with Gasteiger partial charge in [-0.25, -0.2) is 13.6 Å². The third-order valence-electron chi connectivity index (χ3n) is 4.59. The Morgan fingerprint density at radius 1 is 1.26 bits per heavy atom. The van der Waals surface area contributed by atoms with Crippen molar-refractivity contribution < 1.29 is 13.6 Å². The normalized spacial score (nSPS) is 22.3. The van der Waals surface area contributed by atoms with Crippen LogP contribution in [0.3, 0.4) is 0 Å². The molecule has 7 heteroatoms. The number of carbonyl (C=O) groups is 1. The summed E-state index contributed by atoms with van der Waals surface area (Å²) in [4.78, 5) is 16.3. The average Bonchev–Trinajstić information content (AvgIpc) is 3.10. The van der Waals surface area contributed by atoms with Gasteiger partial charge in [-0.2, -0.15) is 0 Å². The quantitative estimate of drug-likeness (QED) is 0.877. The molecule has 0 aromatic heterocycles. The zero-order valence-corrected chi connectivity index (χ0v) is 13.0. The van der Waals surface area contributed by atoms with Gasteiger partial charge in [-0.05, 0) is 31.2 Å². The van der Waals surface area contributed by atoms with E-state index < -0.39 is 11.6 Å². The molecule has 3 rings (SSSR count). The summed E-state index contributed by atoms with van der Waals surface area (Å²) in [5.41, 5.74) is 0.161. The minimum absolute atomic E-state index is 0.00478. The fourth-order valence-corrected chi connectivity index (χ4v) is 3.20. The lowest BCUT2D eigenvalue weighted by Gasteiger charge is -2.37. The van der Waals surface area contributed by atoms with Crippen LogP contribution in [0.25, 0.3) is 0 Å². The fourth-order valence-electron chi connectivity index (χ4n) is 3.20. The molecular weight excluding hydrogens is 302 g/mol. The highest BCUT2D eigenvalue weighted by Gasteiger charge is 2.27. The van der Waals surface area contributed by atoms with Crippen molar-refractivity contribution in [3.05, 3.63) is 35.4 Å². The van der Waals surface area contributed by atoms with Gasteiger partial charge in [0.05, 0.1) is 0 Å². The zero-order valence-electron chi connectivity index (χ0n) is 13.0. The molecule has 2 aliphatic heterocycles. The molecule has 2 fully saturated rings. The second kappa shape index (κ2) is 7.23. The van der Waals surface area contributed by atoms with Gasteiger partial charge in [-0.15, -0.1) is 0 Å². The van der Waals surface area contributed by atoms with Gasteiger partial charge in [0.2, 0.25) is 0 Å². The van der Waals surface area contributed by atoms with Crippen LogP contribution >= 0.6 is 0 Å². The Bertz CT molecular complexity index is 555. The predicted molar refractivity (Wildman–Crippen MR) is 83.0 cm³/mol. The van der Waals surface area contributed by atoms with Gasteiger partial charge in [0.15, 0.2) is 0 Å². The number of nitrogens with zero attached hydrogens (tertiary/aromatic N) is 2. The largest absolute Gasteiger partial charge is 0.334 e. The molecule has 0 radical (unpaired) electrons. The van der Waals surface area contributed by atoms with Gasteiger partial charge in [0.25, 0.3) is 0 Å². The molecule has 1 aromatic carbocycles. The van der Waals surface area contributed by atoms with E-state index in [-0.39, 0.29) is 18.1 Å². The van der Waals surface area contributed by atoms with Gasteiger partial charge in [-0.1, -0.05) is 0 Å². The standard InChI is InChI=1S/C16H22F2N4O/c17-13-1-2-15(18)12(9-13)10-20-16(23)22-7-5-21(6-8-22)14-3-4-19-11-14/h1-2,9,14,19H,3-8,10-11H2,(H,20,23)/t14-/m1/s1. The summed E-state index contributed by atoms with van der Waals surface area (Å²) >= 11 is 0. The number of benzene rings is 1. The van der Waals surface area contributed by atoms with Gasteiger partial charge >= 0.3 is 6.03 Å². The van der Waals surface area contributed by atoms with E-state index in [1.807, 2.05) is 0 Å². The van der Waals surface area contributed by atoms with E-state index in [2.05, 4.69) is 15.5 Å². The molecule has 1 aromatic rings. The molecule has 1 atom stereocenters. The first kappa shape index (κ1) is 16.1. The number of rotatable bonds is 3. The zero-order chi connectivity index (χ0) is 16.2. The van der Waals surface area contributed by atoms with E-state index in [1.165, 1.54) is 0 Å². The average molecular weight is 324 g/mol. The van der Waals surface area contributed by atoms with E-state index in [4.69, 9.17) is 0 Å². The minimum atomic E-state index is -0.509. The van der Waals surface area contributed by atoms with Gasteiger partial charge in [0, 0.05) is 50.9 Å². The van der Waals surface area contributed by atoms with Crippen LogP contribution in [-0.2, 0) is 6.54 Å². The maximum absolute atomic E-state index is 13.5. The Kier molecular flexibility index (Phi) is 5.07. The number of hydrogen-bond acceptors (Lipinski definition) is 3. The number of amides is 2. The van der Waals surface area contributed by atoms with Crippen molar-refractivity contribution in [3.8, 4) is 0 Å². The maximum Gasteiger partial charge on any atom is 0.317 e. The van der Waals surface area contributed by atoms with Crippen LogP contribution in [0.2, 0.25) is 0 Å². The first-order valence-electron chi connectivity index (χ1n) is 8.05. The molecule has 2 N–H and O–H groups in total. The van der Waals surface area contributed by atoms with Crippen LogP contribution in [-0.4, -0.2) is 61.1 Å². The second-order valence-corrected chi connectivity index (χ2v) is 6.06. The van der Waals surface area contributed by atoms with E-state index >= 15 is 0 Å². The maximum atomic E-state index is 13.5. The first-order chi connectivity index (χ1) is 11.1. The minimum Gasteiger partial charge on any atom is -0.334 e. The number of halogens is 2. The van der Waals surface area contributed by atoms with Crippen LogP contribution in [0.15, 0.2) is 18.2 Å². The second-order valence-electron chi connectivity index (χ2n) is 6.06. The highest BCUT2D eigenvalue weighted by atomic mass is 19.1. The SMILES string of the molecule is O=C(NCc1cc(F)ccc1F)N1CCN([C@@H]2CCNC2)CC1. The van der Waals surface area contributed by atoms with Crippen molar-refractivity contribution in [2.75, 3.05) is 39.3 Å². The Balaban J connectivity index is 1.47. The summed E-state index contributed by atoms with van der Waals surface area (Å²) in [6.07, 6.45) is 1.16. The smallest absolute Gasteiger partial charge is 0.317 e. The van der Waals surface area contributed by atoms with Crippen molar-refractivity contribution >= 4 is 6.03 Å². The lowest BCUT2D eigenvalue weighted by atomic mass is 10.2. The molecule has 2 heterocycles. The van der Waals surface area contributed by atoms with Crippen molar-refractivity contribution in [2.24, 2.45) is 0 Å². The number of urea groups is 1. The first-order valence-corrected chi connectivity index (χ1v) is 8.05. The molecule has 5 nitrogen and oxygen atoms in total. The van der Waals surface area contributed by atoms with E-state index in [0.29, 0.717) is 19.1 Å². The Morgan fingerprint density at radius 2 is 2.04 bits per heavy atom. The summed E-state index contributed by atoms with van der Waals surface area (Å²) < 4.78 is 26.7. The lowest BCUT2D eigenvalue weighted by molar-refractivity contribution is 0.114. The Hall–Kier alpha value is -1.73. The molecule has 23 heavy (non-hydrogen) atoms. The van der Waals surface area contributed by atoms with E-state index in [1.54, 1.807) is 4.90 Å². The fraction of sp³-hybridized carbons (Fsp3) is 0.562.